The summed E-state index contributed by atoms with van der Waals surface area (Å²) in [5.74, 6) is -2.62. The maximum Gasteiger partial charge on any atom is 0.314 e. The maximum atomic E-state index is 9.43. The molecule has 0 aromatic heterocycles. The summed E-state index contributed by atoms with van der Waals surface area (Å²) in [7, 11) is 0. The van der Waals surface area contributed by atoms with Gasteiger partial charge < -0.3 is 25.5 Å². The van der Waals surface area contributed by atoms with Gasteiger partial charge >= 0.3 is 11.9 Å². The maximum absolute atomic E-state index is 9.43. The number of aliphatic carboxylic acids is 2. The van der Waals surface area contributed by atoms with E-state index in [0.717, 1.165) is 0 Å². The third-order valence-corrected chi connectivity index (χ3v) is 2.06. The molecule has 0 saturated carbocycles. The standard InChI is InChI=1S/C6H14O3.C3H4O4/c1-2-6(3-7,4-8)5-9;4-2(5)1-3(6)7/h7-9H,2-5H2,1H3;1H2,(H,4,5)(H,6,7). The van der Waals surface area contributed by atoms with Crippen molar-refractivity contribution in [3.63, 3.8) is 0 Å². The van der Waals surface area contributed by atoms with E-state index in [9.17, 15) is 9.59 Å². The van der Waals surface area contributed by atoms with Crippen molar-refractivity contribution in [2.24, 2.45) is 5.41 Å². The molecule has 7 heteroatoms. The average molecular weight is 238 g/mol. The summed E-state index contributed by atoms with van der Waals surface area (Å²) in [6.07, 6.45) is -0.212. The van der Waals surface area contributed by atoms with Crippen molar-refractivity contribution in [3.8, 4) is 0 Å². The van der Waals surface area contributed by atoms with Gasteiger partial charge in [0.1, 0.15) is 6.42 Å². The minimum Gasteiger partial charge on any atom is -0.481 e. The highest BCUT2D eigenvalue weighted by Crippen LogP contribution is 2.18. The molecule has 0 spiro atoms. The lowest BCUT2D eigenvalue weighted by atomic mass is 9.88. The Morgan fingerprint density at radius 2 is 1.25 bits per heavy atom. The number of carboxylic acids is 2. The Hall–Kier alpha value is -1.18. The predicted molar refractivity (Wildman–Crippen MR) is 53.9 cm³/mol. The lowest BCUT2D eigenvalue weighted by molar-refractivity contribution is -0.147. The van der Waals surface area contributed by atoms with Gasteiger partial charge in [-0.1, -0.05) is 6.92 Å². The molecule has 0 aromatic rings. The third-order valence-electron chi connectivity index (χ3n) is 2.06. The molecule has 0 radical (unpaired) electrons. The molecule has 0 bridgehead atoms. The summed E-state index contributed by atoms with van der Waals surface area (Å²) in [6.45, 7) is 1.35. The van der Waals surface area contributed by atoms with Crippen LogP contribution in [0.3, 0.4) is 0 Å². The van der Waals surface area contributed by atoms with Crippen molar-refractivity contribution in [1.82, 2.24) is 0 Å². The molecule has 5 N–H and O–H groups in total. The van der Waals surface area contributed by atoms with E-state index in [1.165, 1.54) is 0 Å². The molecule has 0 unspecified atom stereocenters. The van der Waals surface area contributed by atoms with Crippen molar-refractivity contribution in [2.45, 2.75) is 19.8 Å². The molecule has 0 rings (SSSR count). The van der Waals surface area contributed by atoms with Crippen LogP contribution in [0, 0.1) is 5.41 Å². The molecule has 0 amide bonds. The van der Waals surface area contributed by atoms with E-state index in [4.69, 9.17) is 25.5 Å². The predicted octanol–water partition coefficient (Wildman–Crippen LogP) is -1.09. The minimum absolute atomic E-state index is 0.156. The Bertz CT molecular complexity index is 180. The Kier molecular flexibility index (Phi) is 9.77. The van der Waals surface area contributed by atoms with E-state index in [2.05, 4.69) is 0 Å². The third kappa shape index (κ3) is 8.16. The van der Waals surface area contributed by atoms with Crippen LogP contribution in [-0.4, -0.2) is 57.3 Å². The van der Waals surface area contributed by atoms with Gasteiger partial charge in [0.15, 0.2) is 0 Å². The fourth-order valence-electron chi connectivity index (χ4n) is 0.615. The first-order valence-corrected chi connectivity index (χ1v) is 4.63. The second-order valence-corrected chi connectivity index (χ2v) is 3.29. The first-order valence-electron chi connectivity index (χ1n) is 4.63. The van der Waals surface area contributed by atoms with Gasteiger partial charge in [-0.3, -0.25) is 9.59 Å². The average Bonchev–Trinajstić information content (AvgIpc) is 2.21. The smallest absolute Gasteiger partial charge is 0.314 e. The number of aliphatic hydroxyl groups is 3. The number of hydrogen-bond acceptors (Lipinski definition) is 5. The van der Waals surface area contributed by atoms with Crippen molar-refractivity contribution in [1.29, 1.82) is 0 Å². The zero-order chi connectivity index (χ0) is 13.2. The summed E-state index contributed by atoms with van der Waals surface area (Å²) in [5.41, 5.74) is -0.667. The van der Waals surface area contributed by atoms with Crippen LogP contribution in [0.5, 0.6) is 0 Å². The zero-order valence-electron chi connectivity index (χ0n) is 9.09. The van der Waals surface area contributed by atoms with E-state index < -0.39 is 23.8 Å². The Morgan fingerprint density at radius 1 is 0.938 bits per heavy atom. The zero-order valence-corrected chi connectivity index (χ0v) is 9.09. The number of hydrogen-bond donors (Lipinski definition) is 5. The first-order chi connectivity index (χ1) is 7.37. The van der Waals surface area contributed by atoms with E-state index in [-0.39, 0.29) is 19.8 Å². The van der Waals surface area contributed by atoms with Crippen LogP contribution in [0.25, 0.3) is 0 Å². The monoisotopic (exact) mass is 238 g/mol. The van der Waals surface area contributed by atoms with Crippen molar-refractivity contribution in [3.05, 3.63) is 0 Å². The van der Waals surface area contributed by atoms with E-state index in [1.54, 1.807) is 0 Å². The summed E-state index contributed by atoms with van der Waals surface area (Å²) in [4.78, 5) is 18.9. The SMILES string of the molecule is CCC(CO)(CO)CO.O=C(O)CC(=O)O. The number of aliphatic hydroxyl groups excluding tert-OH is 3. The molecular weight excluding hydrogens is 220 g/mol. The molecular formula is C9H18O7. The van der Waals surface area contributed by atoms with E-state index in [0.29, 0.717) is 6.42 Å². The lowest BCUT2D eigenvalue weighted by Gasteiger charge is -2.24. The van der Waals surface area contributed by atoms with Gasteiger partial charge in [-0.05, 0) is 6.42 Å². The lowest BCUT2D eigenvalue weighted by Crippen LogP contribution is -2.32. The first kappa shape index (κ1) is 17.2. The number of carbonyl (C=O) groups is 2. The summed E-state index contributed by atoms with van der Waals surface area (Å²) in [5, 5.41) is 41.4. The topological polar surface area (TPSA) is 135 Å². The molecule has 0 fully saturated rings. The molecule has 96 valence electrons. The second-order valence-electron chi connectivity index (χ2n) is 3.29. The Labute approximate surface area is 93.0 Å². The van der Waals surface area contributed by atoms with Crippen LogP contribution < -0.4 is 0 Å². The molecule has 0 aliphatic heterocycles. The van der Waals surface area contributed by atoms with Crippen LogP contribution in [0.4, 0.5) is 0 Å². The van der Waals surface area contributed by atoms with Crippen molar-refractivity contribution >= 4 is 11.9 Å². The largest absolute Gasteiger partial charge is 0.481 e. The normalized spacial score (nSPS) is 10.2. The Balaban J connectivity index is 0. The number of carboxylic acid groups (broad SMARTS) is 2. The Morgan fingerprint density at radius 3 is 1.25 bits per heavy atom. The van der Waals surface area contributed by atoms with Crippen molar-refractivity contribution in [2.75, 3.05) is 19.8 Å². The number of rotatable bonds is 6. The van der Waals surface area contributed by atoms with Crippen LogP contribution in [0.15, 0.2) is 0 Å². The summed E-state index contributed by atoms with van der Waals surface area (Å²) >= 11 is 0. The quantitative estimate of drug-likeness (QED) is 0.371. The summed E-state index contributed by atoms with van der Waals surface area (Å²) < 4.78 is 0. The molecule has 0 atom stereocenters. The van der Waals surface area contributed by atoms with Crippen LogP contribution in [-0.2, 0) is 9.59 Å². The highest BCUT2D eigenvalue weighted by Gasteiger charge is 2.24. The van der Waals surface area contributed by atoms with Gasteiger partial charge in [0.25, 0.3) is 0 Å². The van der Waals surface area contributed by atoms with Crippen LogP contribution >= 0.6 is 0 Å². The molecule has 0 aliphatic rings. The molecule has 16 heavy (non-hydrogen) atoms. The molecule has 0 aliphatic carbocycles. The van der Waals surface area contributed by atoms with Crippen LogP contribution in [0.2, 0.25) is 0 Å². The molecule has 0 heterocycles. The second kappa shape index (κ2) is 9.08. The van der Waals surface area contributed by atoms with Gasteiger partial charge in [-0.15, -0.1) is 0 Å². The molecule has 7 nitrogen and oxygen atoms in total. The molecule has 0 saturated heterocycles. The van der Waals surface area contributed by atoms with Gasteiger partial charge in [-0.2, -0.15) is 0 Å². The fraction of sp³-hybridized carbons (Fsp3) is 0.778. The van der Waals surface area contributed by atoms with Gasteiger partial charge in [-0.25, -0.2) is 0 Å². The fourth-order valence-corrected chi connectivity index (χ4v) is 0.615. The van der Waals surface area contributed by atoms with Gasteiger partial charge in [0.2, 0.25) is 0 Å². The highest BCUT2D eigenvalue weighted by atomic mass is 16.4. The van der Waals surface area contributed by atoms with Gasteiger partial charge in [0.05, 0.1) is 19.8 Å². The van der Waals surface area contributed by atoms with E-state index >= 15 is 0 Å². The molecule has 0 aromatic carbocycles. The van der Waals surface area contributed by atoms with E-state index in [1.807, 2.05) is 6.92 Å². The highest BCUT2D eigenvalue weighted by molar-refractivity contribution is 5.88. The van der Waals surface area contributed by atoms with Crippen molar-refractivity contribution < 1.29 is 35.1 Å². The summed E-state index contributed by atoms with van der Waals surface area (Å²) in [6, 6.07) is 0. The van der Waals surface area contributed by atoms with Crippen LogP contribution in [0.1, 0.15) is 19.8 Å². The van der Waals surface area contributed by atoms with Gasteiger partial charge in [0, 0.05) is 5.41 Å². The minimum atomic E-state index is -1.31.